The molecule has 0 amide bonds. The van der Waals surface area contributed by atoms with E-state index in [-0.39, 0.29) is 18.2 Å². The van der Waals surface area contributed by atoms with Crippen molar-refractivity contribution in [2.45, 2.75) is 6.54 Å². The second-order valence-corrected chi connectivity index (χ2v) is 2.86. The normalized spacial score (nSPS) is 9.67. The summed E-state index contributed by atoms with van der Waals surface area (Å²) in [5.41, 5.74) is 16.6. The molecule has 1 aromatic rings. The van der Waals surface area contributed by atoms with E-state index in [1.54, 1.807) is 6.07 Å². The number of guanidine groups is 1. The quantitative estimate of drug-likeness (QED) is 0.278. The first-order chi connectivity index (χ1) is 7.02. The Kier molecular flexibility index (Phi) is 3.19. The van der Waals surface area contributed by atoms with Crippen molar-refractivity contribution in [3.63, 3.8) is 0 Å². The van der Waals surface area contributed by atoms with Crippen LogP contribution in [0.15, 0.2) is 23.2 Å². The first-order valence-corrected chi connectivity index (χ1v) is 4.11. The Morgan fingerprint density at radius 3 is 2.53 bits per heavy atom. The van der Waals surface area contributed by atoms with Crippen LogP contribution >= 0.6 is 0 Å². The molecular weight excluding hydrogens is 198 g/mol. The maximum absolute atomic E-state index is 10.6. The van der Waals surface area contributed by atoms with Crippen molar-refractivity contribution in [2.75, 3.05) is 0 Å². The van der Waals surface area contributed by atoms with Gasteiger partial charge >= 0.3 is 0 Å². The number of aliphatic imine (C=N–C) groups is 1. The summed E-state index contributed by atoms with van der Waals surface area (Å²) in [6.07, 6.45) is 0. The Hall–Kier alpha value is -2.15. The van der Waals surface area contributed by atoms with E-state index in [1.165, 1.54) is 12.1 Å². The monoisotopic (exact) mass is 209 g/mol. The number of nitrogens with zero attached hydrogens (tertiary/aromatic N) is 2. The number of nitro benzene ring substituents is 1. The third-order valence-corrected chi connectivity index (χ3v) is 1.67. The van der Waals surface area contributed by atoms with E-state index < -0.39 is 4.92 Å². The molecule has 0 radical (unpaired) electrons. The molecule has 0 atom stereocenters. The molecule has 0 saturated heterocycles. The van der Waals surface area contributed by atoms with Gasteiger partial charge in [-0.2, -0.15) is 0 Å². The summed E-state index contributed by atoms with van der Waals surface area (Å²) in [6, 6.07) is 4.25. The number of hydrogen-bond donors (Lipinski definition) is 3. The summed E-state index contributed by atoms with van der Waals surface area (Å²) in [7, 11) is 0. The first kappa shape index (κ1) is 10.9. The number of non-ortho nitro benzene ring substituents is 1. The van der Waals surface area contributed by atoms with Gasteiger partial charge in [0.1, 0.15) is 0 Å². The summed E-state index contributed by atoms with van der Waals surface area (Å²) >= 11 is 0. The van der Waals surface area contributed by atoms with Crippen LogP contribution in [-0.2, 0) is 6.54 Å². The van der Waals surface area contributed by atoms with Gasteiger partial charge in [0.05, 0.1) is 10.6 Å². The highest BCUT2D eigenvalue weighted by Gasteiger charge is 2.08. The van der Waals surface area contributed by atoms with Crippen LogP contribution in [0.2, 0.25) is 0 Å². The van der Waals surface area contributed by atoms with Crippen molar-refractivity contribution < 1.29 is 4.92 Å². The zero-order valence-electron chi connectivity index (χ0n) is 7.88. The Balaban J connectivity index is 3.23. The molecular formula is C8H11N5O2. The van der Waals surface area contributed by atoms with Crippen LogP contribution in [-0.4, -0.2) is 10.9 Å². The Morgan fingerprint density at radius 1 is 1.40 bits per heavy atom. The molecule has 7 nitrogen and oxygen atoms in total. The van der Waals surface area contributed by atoms with Crippen molar-refractivity contribution in [2.24, 2.45) is 22.2 Å². The lowest BCUT2D eigenvalue weighted by molar-refractivity contribution is -0.384. The summed E-state index contributed by atoms with van der Waals surface area (Å²) < 4.78 is 0. The van der Waals surface area contributed by atoms with Crippen molar-refractivity contribution >= 4 is 17.3 Å². The van der Waals surface area contributed by atoms with Gasteiger partial charge in [-0.1, -0.05) is 0 Å². The largest absolute Gasteiger partial charge is 0.370 e. The van der Waals surface area contributed by atoms with E-state index in [0.29, 0.717) is 11.3 Å². The van der Waals surface area contributed by atoms with Crippen LogP contribution in [0.25, 0.3) is 0 Å². The fraction of sp³-hybridized carbons (Fsp3) is 0.125. The van der Waals surface area contributed by atoms with Crippen LogP contribution < -0.4 is 17.2 Å². The van der Waals surface area contributed by atoms with Crippen molar-refractivity contribution in [1.82, 2.24) is 0 Å². The molecule has 6 N–H and O–H groups in total. The van der Waals surface area contributed by atoms with Crippen molar-refractivity contribution in [3.05, 3.63) is 33.9 Å². The highest BCUT2D eigenvalue weighted by atomic mass is 16.6. The van der Waals surface area contributed by atoms with Gasteiger partial charge in [0.25, 0.3) is 5.69 Å². The predicted octanol–water partition coefficient (Wildman–Crippen LogP) is -0.0416. The molecule has 0 aliphatic heterocycles. The maximum atomic E-state index is 10.6. The zero-order chi connectivity index (χ0) is 11.4. The number of benzene rings is 1. The Bertz CT molecular complexity index is 411. The molecule has 0 unspecified atom stereocenters. The zero-order valence-corrected chi connectivity index (χ0v) is 7.88. The molecule has 1 rings (SSSR count). The van der Waals surface area contributed by atoms with Gasteiger partial charge < -0.3 is 17.2 Å². The van der Waals surface area contributed by atoms with Gasteiger partial charge in [0.15, 0.2) is 5.96 Å². The Morgan fingerprint density at radius 2 is 2.07 bits per heavy atom. The highest BCUT2D eigenvalue weighted by Crippen LogP contribution is 2.22. The van der Waals surface area contributed by atoms with E-state index in [2.05, 4.69) is 4.99 Å². The van der Waals surface area contributed by atoms with Crippen LogP contribution in [0.4, 0.5) is 11.4 Å². The molecule has 0 fully saturated rings. The fourth-order valence-electron chi connectivity index (χ4n) is 1.09. The lowest BCUT2D eigenvalue weighted by Crippen LogP contribution is -2.21. The number of rotatable bonds is 3. The number of nitro groups is 1. The number of nitrogens with two attached hydrogens (primary N) is 3. The topological polar surface area (TPSA) is 134 Å². The van der Waals surface area contributed by atoms with E-state index in [9.17, 15) is 10.1 Å². The van der Waals surface area contributed by atoms with E-state index in [4.69, 9.17) is 17.2 Å². The average Bonchev–Trinajstić information content (AvgIpc) is 2.16. The van der Waals surface area contributed by atoms with Crippen molar-refractivity contribution in [1.29, 1.82) is 0 Å². The van der Waals surface area contributed by atoms with Crippen LogP contribution in [0.1, 0.15) is 5.56 Å². The smallest absolute Gasteiger partial charge is 0.271 e. The average molecular weight is 209 g/mol. The van der Waals surface area contributed by atoms with E-state index in [0.717, 1.165) is 0 Å². The molecule has 0 aliphatic rings. The summed E-state index contributed by atoms with van der Waals surface area (Å²) in [5.74, 6) is -0.154. The fourth-order valence-corrected chi connectivity index (χ4v) is 1.09. The second kappa shape index (κ2) is 4.38. The first-order valence-electron chi connectivity index (χ1n) is 4.11. The van der Waals surface area contributed by atoms with Crippen LogP contribution in [0, 0.1) is 10.1 Å². The van der Waals surface area contributed by atoms with Gasteiger partial charge in [-0.3, -0.25) is 10.1 Å². The molecule has 1 aromatic carbocycles. The van der Waals surface area contributed by atoms with Gasteiger partial charge in [0, 0.05) is 18.7 Å². The summed E-state index contributed by atoms with van der Waals surface area (Å²) in [6.45, 7) is 0.189. The molecule has 15 heavy (non-hydrogen) atoms. The molecule has 7 heteroatoms. The predicted molar refractivity (Wildman–Crippen MR) is 56.5 cm³/mol. The lowest BCUT2D eigenvalue weighted by Gasteiger charge is -2.00. The van der Waals surface area contributed by atoms with Crippen LogP contribution in [0.5, 0.6) is 0 Å². The second-order valence-electron chi connectivity index (χ2n) is 2.86. The molecule has 0 aromatic heterocycles. The molecule has 0 heterocycles. The molecule has 0 bridgehead atoms. The van der Waals surface area contributed by atoms with Crippen molar-refractivity contribution in [3.8, 4) is 0 Å². The van der Waals surface area contributed by atoms with Gasteiger partial charge in [-0.25, -0.2) is 4.99 Å². The minimum absolute atomic E-state index is 0.0852. The molecule has 80 valence electrons. The third kappa shape index (κ3) is 2.92. The van der Waals surface area contributed by atoms with Crippen LogP contribution in [0.3, 0.4) is 0 Å². The van der Waals surface area contributed by atoms with E-state index >= 15 is 0 Å². The van der Waals surface area contributed by atoms with Gasteiger partial charge in [0.2, 0.25) is 0 Å². The minimum Gasteiger partial charge on any atom is -0.370 e. The number of hydrogen-bond acceptors (Lipinski definition) is 4. The summed E-state index contributed by atoms with van der Waals surface area (Å²) in [4.78, 5) is 13.8. The summed E-state index contributed by atoms with van der Waals surface area (Å²) in [5, 5.41) is 10.6. The third-order valence-electron chi connectivity index (χ3n) is 1.67. The Labute approximate surface area is 85.7 Å². The SMILES string of the molecule is NCc1cc(N=C(N)N)cc([N+](=O)[O-])c1. The molecule has 0 aliphatic carbocycles. The van der Waals surface area contributed by atoms with E-state index in [1.807, 2.05) is 0 Å². The maximum Gasteiger partial charge on any atom is 0.271 e. The standard InChI is InChI=1S/C8H11N5O2/c9-4-5-1-6(12-8(10)11)3-7(2-5)13(14)15/h1-3H,4,9H2,(H4,10,11,12). The highest BCUT2D eigenvalue weighted by molar-refractivity contribution is 5.79. The molecule has 0 saturated carbocycles. The van der Waals surface area contributed by atoms with Gasteiger partial charge in [-0.15, -0.1) is 0 Å². The minimum atomic E-state index is -0.523. The lowest BCUT2D eigenvalue weighted by atomic mass is 10.2. The van der Waals surface area contributed by atoms with Gasteiger partial charge in [-0.05, 0) is 11.6 Å². The molecule has 0 spiro atoms.